The van der Waals surface area contributed by atoms with Gasteiger partial charge in [-0.25, -0.2) is 0 Å². The molecule has 4 aliphatic heterocycles. The van der Waals surface area contributed by atoms with Crippen molar-refractivity contribution in [3.8, 4) is 5.75 Å². The third-order valence-electron chi connectivity index (χ3n) is 9.32. The Balaban J connectivity index is 1.41. The summed E-state index contributed by atoms with van der Waals surface area (Å²) in [5, 5.41) is 9.22. The molecule has 2 fully saturated rings. The predicted molar refractivity (Wildman–Crippen MR) is 163 cm³/mol. The summed E-state index contributed by atoms with van der Waals surface area (Å²) in [4.78, 5) is 48.6. The van der Waals surface area contributed by atoms with Crippen LogP contribution < -0.4 is 14.5 Å². The van der Waals surface area contributed by atoms with Crippen LogP contribution in [0.3, 0.4) is 0 Å². The number of rotatable bonds is 9. The number of carbonyl (C=O) groups excluding carboxylic acids is 3. The van der Waals surface area contributed by atoms with Crippen LogP contribution in [0.5, 0.6) is 5.75 Å². The summed E-state index contributed by atoms with van der Waals surface area (Å²) in [7, 11) is 1.59. The normalized spacial score (nSPS) is 29.8. The Morgan fingerprint density at radius 2 is 1.47 bits per heavy atom. The smallest absolute Gasteiger partial charge is 0.253 e. The number of benzene rings is 2. The minimum atomic E-state index is -1.31. The Labute approximate surface area is 252 Å². The van der Waals surface area contributed by atoms with E-state index in [1.54, 1.807) is 33.9 Å². The number of ether oxygens (including phenoxy) is 2. The summed E-state index contributed by atoms with van der Waals surface area (Å²) in [6, 6.07) is 15.8. The van der Waals surface area contributed by atoms with Crippen LogP contribution in [-0.4, -0.2) is 78.3 Å². The number of nitrogens with zero attached hydrogens (tertiary/aromatic N) is 3. The number of methoxy groups -OCH3 is 1. The molecule has 1 unspecified atom stereocenters. The number of para-hydroxylation sites is 1. The van der Waals surface area contributed by atoms with E-state index < -0.39 is 29.1 Å². The number of aliphatic hydroxyl groups is 1. The van der Waals surface area contributed by atoms with Crippen LogP contribution in [0, 0.1) is 11.8 Å². The maximum atomic E-state index is 14.6. The van der Waals surface area contributed by atoms with Crippen LogP contribution in [0.1, 0.15) is 32.6 Å². The third-order valence-corrected chi connectivity index (χ3v) is 9.32. The molecule has 0 aliphatic carbocycles. The molecule has 2 aromatic rings. The van der Waals surface area contributed by atoms with Crippen LogP contribution in [0.15, 0.2) is 78.9 Å². The molecule has 9 nitrogen and oxygen atoms in total. The number of fused-ring (bicyclic) bond motifs is 2. The van der Waals surface area contributed by atoms with Gasteiger partial charge in [0.25, 0.3) is 5.91 Å². The first-order valence-corrected chi connectivity index (χ1v) is 15.1. The fourth-order valence-electron chi connectivity index (χ4n) is 7.34. The number of amides is 3. The second kappa shape index (κ2) is 11.6. The highest BCUT2D eigenvalue weighted by Crippen LogP contribution is 2.57. The Kier molecular flexibility index (Phi) is 7.87. The lowest BCUT2D eigenvalue weighted by molar-refractivity contribution is -0.144. The average molecular weight is 586 g/mol. The summed E-state index contributed by atoms with van der Waals surface area (Å²) in [6.45, 7) is 3.02. The molecule has 6 rings (SSSR count). The number of unbranched alkanes of at least 4 members (excludes halogenated alkanes) is 3. The van der Waals surface area contributed by atoms with E-state index in [4.69, 9.17) is 9.47 Å². The number of hydrogen-bond acceptors (Lipinski definition) is 6. The van der Waals surface area contributed by atoms with Crippen molar-refractivity contribution >= 4 is 29.1 Å². The summed E-state index contributed by atoms with van der Waals surface area (Å²) in [5.74, 6) is -1.65. The maximum Gasteiger partial charge on any atom is 0.253 e. The van der Waals surface area contributed by atoms with E-state index in [0.29, 0.717) is 43.9 Å². The number of anilines is 2. The van der Waals surface area contributed by atoms with Crippen molar-refractivity contribution in [1.82, 2.24) is 4.90 Å². The van der Waals surface area contributed by atoms with Gasteiger partial charge in [-0.1, -0.05) is 55.3 Å². The van der Waals surface area contributed by atoms with Gasteiger partial charge in [-0.2, -0.15) is 0 Å². The summed E-state index contributed by atoms with van der Waals surface area (Å²) in [5.41, 5.74) is -0.939. The molecule has 226 valence electrons. The predicted octanol–water partition coefficient (Wildman–Crippen LogP) is 3.72. The molecule has 1 spiro atoms. The Morgan fingerprint density at radius 3 is 2.16 bits per heavy atom. The van der Waals surface area contributed by atoms with Gasteiger partial charge in [0.15, 0.2) is 0 Å². The van der Waals surface area contributed by atoms with Gasteiger partial charge in [-0.3, -0.25) is 14.4 Å². The van der Waals surface area contributed by atoms with Crippen molar-refractivity contribution in [3.05, 3.63) is 78.9 Å². The zero-order chi connectivity index (χ0) is 30.2. The van der Waals surface area contributed by atoms with Crippen molar-refractivity contribution in [2.45, 2.75) is 49.9 Å². The van der Waals surface area contributed by atoms with Crippen molar-refractivity contribution in [3.63, 3.8) is 0 Å². The zero-order valence-corrected chi connectivity index (χ0v) is 24.7. The van der Waals surface area contributed by atoms with Gasteiger partial charge in [-0.15, -0.1) is 0 Å². The summed E-state index contributed by atoms with van der Waals surface area (Å²) >= 11 is 0. The van der Waals surface area contributed by atoms with Crippen LogP contribution >= 0.6 is 0 Å². The van der Waals surface area contributed by atoms with E-state index >= 15 is 0 Å². The molecule has 0 bridgehead atoms. The summed E-state index contributed by atoms with van der Waals surface area (Å²) in [6.07, 6.45) is 10.6. The third kappa shape index (κ3) is 4.84. The second-order valence-corrected chi connectivity index (χ2v) is 11.9. The number of likely N-dealkylation sites (tertiary alicyclic amines) is 1. The fourth-order valence-corrected chi connectivity index (χ4v) is 7.34. The fraction of sp³-hybridized carbons (Fsp3) is 0.441. The van der Waals surface area contributed by atoms with E-state index in [1.807, 2.05) is 73.7 Å². The monoisotopic (exact) mass is 585 g/mol. The molecule has 43 heavy (non-hydrogen) atoms. The van der Waals surface area contributed by atoms with Crippen LogP contribution in [0.2, 0.25) is 0 Å². The average Bonchev–Trinajstić information content (AvgIpc) is 3.28. The molecular weight excluding hydrogens is 546 g/mol. The highest BCUT2D eigenvalue weighted by atomic mass is 16.5. The first kappa shape index (κ1) is 29.1. The van der Waals surface area contributed by atoms with Crippen LogP contribution in [0.4, 0.5) is 11.4 Å². The standard InChI is InChI=1S/C34H39N3O6/c1-33-18-10-21-35(24-12-6-5-7-13-24)30(39)27(33)28-31(40)37(20-8-3-4-9-23-38)29-32(41)36(22-11-19-34(28,29)43-33)25-14-16-26(42-2)17-15-25/h5-7,10-19,27-29,38H,3-4,8-9,20-23H2,1-2H3/t27-,28-,29?,33+,34-/m0/s1. The quantitative estimate of drug-likeness (QED) is 0.356. The van der Waals surface area contributed by atoms with Crippen molar-refractivity contribution < 1.29 is 29.0 Å². The largest absolute Gasteiger partial charge is 0.497 e. The molecule has 4 heterocycles. The minimum absolute atomic E-state index is 0.123. The van der Waals surface area contributed by atoms with Crippen molar-refractivity contribution in [2.24, 2.45) is 11.8 Å². The Hall–Kier alpha value is -3.95. The lowest BCUT2D eigenvalue weighted by Crippen LogP contribution is -2.56. The first-order chi connectivity index (χ1) is 20.8. The van der Waals surface area contributed by atoms with Gasteiger partial charge >= 0.3 is 0 Å². The minimum Gasteiger partial charge on any atom is -0.497 e. The summed E-state index contributed by atoms with van der Waals surface area (Å²) < 4.78 is 12.2. The van der Waals surface area contributed by atoms with Gasteiger partial charge in [-0.05, 0) is 56.2 Å². The Morgan fingerprint density at radius 1 is 0.814 bits per heavy atom. The van der Waals surface area contributed by atoms with E-state index in [2.05, 4.69) is 0 Å². The number of carbonyl (C=O) groups is 3. The van der Waals surface area contributed by atoms with Gasteiger partial charge in [0.05, 0.1) is 24.5 Å². The molecular formula is C34H39N3O6. The van der Waals surface area contributed by atoms with E-state index in [9.17, 15) is 19.5 Å². The highest BCUT2D eigenvalue weighted by Gasteiger charge is 2.74. The second-order valence-electron chi connectivity index (χ2n) is 11.9. The topological polar surface area (TPSA) is 99.6 Å². The van der Waals surface area contributed by atoms with Gasteiger partial charge < -0.3 is 29.3 Å². The molecule has 3 amide bonds. The molecule has 1 N–H and O–H groups in total. The van der Waals surface area contributed by atoms with Gasteiger partial charge in [0, 0.05) is 37.6 Å². The highest BCUT2D eigenvalue weighted by molar-refractivity contribution is 6.07. The maximum absolute atomic E-state index is 14.6. The lowest BCUT2D eigenvalue weighted by Gasteiger charge is -2.37. The molecule has 9 heteroatoms. The zero-order valence-electron chi connectivity index (χ0n) is 24.7. The lowest BCUT2D eigenvalue weighted by atomic mass is 9.74. The molecule has 0 radical (unpaired) electrons. The van der Waals surface area contributed by atoms with E-state index in [1.165, 1.54) is 0 Å². The molecule has 0 saturated carbocycles. The Bertz CT molecular complexity index is 1430. The van der Waals surface area contributed by atoms with Crippen LogP contribution in [0.25, 0.3) is 0 Å². The van der Waals surface area contributed by atoms with Crippen molar-refractivity contribution in [1.29, 1.82) is 0 Å². The van der Waals surface area contributed by atoms with E-state index in [-0.39, 0.29) is 24.3 Å². The van der Waals surface area contributed by atoms with Gasteiger partial charge in [0.2, 0.25) is 11.8 Å². The molecule has 4 aliphatic rings. The van der Waals surface area contributed by atoms with E-state index in [0.717, 1.165) is 18.5 Å². The number of aliphatic hydroxyl groups excluding tert-OH is 1. The molecule has 5 atom stereocenters. The SMILES string of the molecule is COc1ccc(N2CC=C[C@]34O[C@]5(C)C=CCN(c6ccccc6)C(=O)[C@@H]5[C@H]3C(=O)N(CCCCCCO)C4C2=O)cc1. The number of hydrogen-bond donors (Lipinski definition) is 1. The molecule has 2 aromatic carbocycles. The van der Waals surface area contributed by atoms with Gasteiger partial charge in [0.1, 0.15) is 17.4 Å². The first-order valence-electron chi connectivity index (χ1n) is 15.1. The van der Waals surface area contributed by atoms with Crippen molar-refractivity contribution in [2.75, 3.05) is 43.2 Å². The molecule has 2 saturated heterocycles. The molecule has 0 aromatic heterocycles. The van der Waals surface area contributed by atoms with Crippen LogP contribution in [-0.2, 0) is 19.1 Å².